The molecule has 0 aliphatic carbocycles. The Balaban J connectivity index is 1.50. The number of carbonyl (C=O) groups is 2. The molecule has 4 rings (SSSR count). The van der Waals surface area contributed by atoms with Crippen LogP contribution in [0.15, 0.2) is 42.5 Å². The number of amides is 2. The summed E-state index contributed by atoms with van der Waals surface area (Å²) < 4.78 is 17.0. The topological polar surface area (TPSA) is 106 Å². The van der Waals surface area contributed by atoms with Gasteiger partial charge in [-0.05, 0) is 31.9 Å². The van der Waals surface area contributed by atoms with Crippen molar-refractivity contribution in [3.63, 3.8) is 0 Å². The first-order valence-electron chi connectivity index (χ1n) is 9.79. The fraction of sp³-hybridized carbons (Fsp3) is 0.364. The number of aliphatic hydroxyl groups excluding tert-OH is 1. The molecular weight excluding hydrogens is 388 g/mol. The number of anilines is 1. The van der Waals surface area contributed by atoms with Crippen LogP contribution in [0.1, 0.15) is 31.1 Å². The van der Waals surface area contributed by atoms with E-state index in [-0.39, 0.29) is 12.5 Å². The van der Waals surface area contributed by atoms with Gasteiger partial charge < -0.3 is 30.0 Å². The summed E-state index contributed by atoms with van der Waals surface area (Å²) in [5.41, 5.74) is 1.05. The van der Waals surface area contributed by atoms with Gasteiger partial charge >= 0.3 is 6.09 Å². The number of rotatable bonds is 4. The number of benzene rings is 2. The van der Waals surface area contributed by atoms with Crippen LogP contribution in [0.2, 0.25) is 0 Å². The van der Waals surface area contributed by atoms with Gasteiger partial charge in [-0.25, -0.2) is 4.79 Å². The minimum Gasteiger partial charge on any atom is -0.484 e. The highest BCUT2D eigenvalue weighted by atomic mass is 16.6. The van der Waals surface area contributed by atoms with E-state index in [1.807, 2.05) is 30.3 Å². The van der Waals surface area contributed by atoms with Gasteiger partial charge in [0.25, 0.3) is 5.91 Å². The van der Waals surface area contributed by atoms with Gasteiger partial charge in [0, 0.05) is 18.2 Å². The quantitative estimate of drug-likeness (QED) is 0.713. The molecule has 3 N–H and O–H groups in total. The van der Waals surface area contributed by atoms with Crippen LogP contribution < -0.4 is 20.1 Å². The second-order valence-corrected chi connectivity index (χ2v) is 7.86. The summed E-state index contributed by atoms with van der Waals surface area (Å²) >= 11 is 0. The van der Waals surface area contributed by atoms with Crippen LogP contribution >= 0.6 is 0 Å². The number of fused-ring (bicyclic) bond motifs is 2. The zero-order chi connectivity index (χ0) is 21.3. The molecule has 2 aliphatic rings. The lowest BCUT2D eigenvalue weighted by Crippen LogP contribution is -2.50. The van der Waals surface area contributed by atoms with E-state index < -0.39 is 23.9 Å². The van der Waals surface area contributed by atoms with E-state index in [9.17, 15) is 14.7 Å². The Bertz CT molecular complexity index is 960. The molecule has 2 atom stereocenters. The van der Waals surface area contributed by atoms with Gasteiger partial charge in [-0.2, -0.15) is 0 Å². The molecule has 2 heterocycles. The van der Waals surface area contributed by atoms with Crippen molar-refractivity contribution < 1.29 is 28.9 Å². The van der Waals surface area contributed by atoms with Crippen molar-refractivity contribution in [2.75, 3.05) is 18.5 Å². The third-order valence-electron chi connectivity index (χ3n) is 5.18. The van der Waals surface area contributed by atoms with E-state index >= 15 is 0 Å². The second kappa shape index (κ2) is 7.87. The molecule has 0 unspecified atom stereocenters. The van der Waals surface area contributed by atoms with Gasteiger partial charge in [0.2, 0.25) is 0 Å². The van der Waals surface area contributed by atoms with Crippen LogP contribution in [0.3, 0.4) is 0 Å². The van der Waals surface area contributed by atoms with Gasteiger partial charge in [0.05, 0.1) is 5.69 Å². The highest BCUT2D eigenvalue weighted by molar-refractivity contribution is 5.95. The van der Waals surface area contributed by atoms with Crippen LogP contribution in [-0.2, 0) is 16.0 Å². The Morgan fingerprint density at radius 2 is 2.03 bits per heavy atom. The molecule has 158 valence electrons. The number of hydrogen-bond acceptors (Lipinski definition) is 6. The molecule has 0 bridgehead atoms. The molecule has 0 radical (unpaired) electrons. The predicted octanol–water partition coefficient (Wildman–Crippen LogP) is 2.56. The minimum absolute atomic E-state index is 0.105. The Kier molecular flexibility index (Phi) is 5.26. The lowest BCUT2D eigenvalue weighted by atomic mass is 9.88. The Morgan fingerprint density at radius 1 is 1.27 bits per heavy atom. The fourth-order valence-corrected chi connectivity index (χ4v) is 3.55. The molecule has 2 aromatic rings. The zero-order valence-electron chi connectivity index (χ0n) is 16.8. The van der Waals surface area contributed by atoms with Crippen LogP contribution in [-0.4, -0.2) is 42.0 Å². The average Bonchev–Trinajstić information content (AvgIpc) is 2.71. The summed E-state index contributed by atoms with van der Waals surface area (Å²) in [7, 11) is 0. The van der Waals surface area contributed by atoms with E-state index in [1.165, 1.54) is 0 Å². The maximum absolute atomic E-state index is 12.4. The highest BCUT2D eigenvalue weighted by Gasteiger charge is 2.46. The first-order chi connectivity index (χ1) is 14.3. The van der Waals surface area contributed by atoms with E-state index in [2.05, 4.69) is 10.6 Å². The Labute approximate surface area is 174 Å². The Morgan fingerprint density at radius 3 is 2.80 bits per heavy atom. The van der Waals surface area contributed by atoms with Gasteiger partial charge in [0.1, 0.15) is 23.2 Å². The van der Waals surface area contributed by atoms with E-state index in [1.54, 1.807) is 26.0 Å². The number of alkyl carbamates (subject to hydrolysis) is 1. The summed E-state index contributed by atoms with van der Waals surface area (Å²) in [6, 6.07) is 13.0. The van der Waals surface area contributed by atoms with Gasteiger partial charge in [-0.15, -0.1) is 0 Å². The molecular formula is C22H24N2O6. The lowest BCUT2D eigenvalue weighted by molar-refractivity contribution is -0.118. The van der Waals surface area contributed by atoms with E-state index in [4.69, 9.17) is 14.2 Å². The number of ether oxygens (including phenoxy) is 3. The van der Waals surface area contributed by atoms with Crippen molar-refractivity contribution in [1.82, 2.24) is 5.32 Å². The summed E-state index contributed by atoms with van der Waals surface area (Å²) in [5.74, 6) is 0.585. The average molecular weight is 412 g/mol. The summed E-state index contributed by atoms with van der Waals surface area (Å²) in [6.07, 6.45) is -2.02. The molecule has 0 saturated carbocycles. The molecule has 8 nitrogen and oxygen atoms in total. The maximum atomic E-state index is 12.4. The van der Waals surface area contributed by atoms with E-state index in [0.29, 0.717) is 35.7 Å². The van der Waals surface area contributed by atoms with Crippen molar-refractivity contribution in [1.29, 1.82) is 0 Å². The molecule has 2 amide bonds. The number of carbonyl (C=O) groups excluding carboxylic acids is 2. The smallest absolute Gasteiger partial charge is 0.407 e. The van der Waals surface area contributed by atoms with E-state index in [0.717, 1.165) is 5.56 Å². The normalized spacial score (nSPS) is 21.2. The van der Waals surface area contributed by atoms with Crippen molar-refractivity contribution in [3.05, 3.63) is 53.6 Å². The van der Waals surface area contributed by atoms with Crippen LogP contribution in [0.4, 0.5) is 10.5 Å². The molecule has 0 fully saturated rings. The monoisotopic (exact) mass is 412 g/mol. The molecule has 0 aromatic heterocycles. The number of nitrogens with one attached hydrogen (secondary N) is 2. The highest BCUT2D eigenvalue weighted by Crippen LogP contribution is 2.46. The number of hydrogen-bond donors (Lipinski definition) is 3. The first kappa shape index (κ1) is 20.0. The summed E-state index contributed by atoms with van der Waals surface area (Å²) in [6.45, 7) is 3.71. The lowest BCUT2D eigenvalue weighted by Gasteiger charge is -2.41. The van der Waals surface area contributed by atoms with Gasteiger partial charge in [-0.1, -0.05) is 30.3 Å². The third kappa shape index (κ3) is 4.04. The standard InChI is InChI=1S/C22H24N2O6/c1-22(2)20(26)19(29-21(27)23-9-8-13-6-4-3-5-7-13)14-10-17-15(11-16(14)30-22)24-18(25)12-28-17/h3-7,10-11,19-20,26H,8-9,12H2,1-2H3,(H,23,27)(H,24,25)/t19-,20+/m0/s1. The van der Waals surface area contributed by atoms with Crippen molar-refractivity contribution in [3.8, 4) is 11.5 Å². The second-order valence-electron chi connectivity index (χ2n) is 7.86. The third-order valence-corrected chi connectivity index (χ3v) is 5.18. The predicted molar refractivity (Wildman–Crippen MR) is 109 cm³/mol. The molecule has 8 heteroatoms. The number of aliphatic hydroxyl groups is 1. The largest absolute Gasteiger partial charge is 0.484 e. The minimum atomic E-state index is -1.10. The van der Waals surface area contributed by atoms with Crippen LogP contribution in [0.5, 0.6) is 11.5 Å². The Hall–Kier alpha value is -3.26. The fourth-order valence-electron chi connectivity index (χ4n) is 3.55. The summed E-state index contributed by atoms with van der Waals surface area (Å²) in [5, 5.41) is 16.2. The molecule has 0 saturated heterocycles. The van der Waals surface area contributed by atoms with Crippen molar-refractivity contribution in [2.24, 2.45) is 0 Å². The van der Waals surface area contributed by atoms with Crippen LogP contribution in [0.25, 0.3) is 0 Å². The van der Waals surface area contributed by atoms with Gasteiger partial charge in [-0.3, -0.25) is 4.79 Å². The van der Waals surface area contributed by atoms with Crippen molar-refractivity contribution >= 4 is 17.7 Å². The molecule has 2 aromatic carbocycles. The molecule has 0 spiro atoms. The first-order valence-corrected chi connectivity index (χ1v) is 9.79. The molecule has 30 heavy (non-hydrogen) atoms. The molecule has 2 aliphatic heterocycles. The SMILES string of the molecule is CC1(C)Oc2cc3c(cc2[C@H](OC(=O)NCCc2ccccc2)[C@H]1O)OCC(=O)N3. The zero-order valence-corrected chi connectivity index (χ0v) is 16.8. The van der Waals surface area contributed by atoms with Crippen molar-refractivity contribution in [2.45, 2.75) is 38.1 Å². The van der Waals surface area contributed by atoms with Crippen LogP contribution in [0, 0.1) is 0 Å². The maximum Gasteiger partial charge on any atom is 0.407 e. The van der Waals surface area contributed by atoms with Gasteiger partial charge in [0.15, 0.2) is 12.7 Å². The summed E-state index contributed by atoms with van der Waals surface area (Å²) in [4.78, 5) is 24.0.